The van der Waals surface area contributed by atoms with E-state index in [-0.39, 0.29) is 32.0 Å². The van der Waals surface area contributed by atoms with Gasteiger partial charge in [-0.05, 0) is 43.1 Å². The van der Waals surface area contributed by atoms with Crippen LogP contribution in [0.2, 0.25) is 0 Å². The zero-order chi connectivity index (χ0) is 33.7. The highest BCUT2D eigenvalue weighted by molar-refractivity contribution is 6.38. The van der Waals surface area contributed by atoms with Crippen LogP contribution in [0.1, 0.15) is 67.2 Å². The van der Waals surface area contributed by atoms with E-state index in [2.05, 4.69) is 27.8 Å². The van der Waals surface area contributed by atoms with E-state index in [1.54, 1.807) is 20.8 Å². The summed E-state index contributed by atoms with van der Waals surface area (Å²) in [5.41, 5.74) is 0.0737. The molecule has 5 unspecified atom stereocenters. The first-order valence-corrected chi connectivity index (χ1v) is 15.5. The average molecular weight is 628 g/mol. The summed E-state index contributed by atoms with van der Waals surface area (Å²) in [5.74, 6) is -3.26. The highest BCUT2D eigenvalue weighted by Crippen LogP contribution is 2.28. The quantitative estimate of drug-likeness (QED) is 0.131. The zero-order valence-electron chi connectivity index (χ0n) is 27.3. The molecule has 0 saturated carbocycles. The van der Waals surface area contributed by atoms with Crippen LogP contribution in [-0.2, 0) is 28.7 Å². The Kier molecular flexibility index (Phi) is 14.2. The first kappa shape index (κ1) is 37.0. The van der Waals surface area contributed by atoms with Gasteiger partial charge in [-0.2, -0.15) is 0 Å². The summed E-state index contributed by atoms with van der Waals surface area (Å²) in [7, 11) is 0. The van der Waals surface area contributed by atoms with Gasteiger partial charge < -0.3 is 30.9 Å². The SMILES string of the molecule is C=CCNC(=O)C(=O)C(CCC)NC(=O)C1CC(C)CN1C(=O)C(NC(=O)NC(C)C(=O)OCC1=CCC=CC=C1)C(C)(C)C. The monoisotopic (exact) mass is 627 g/mol. The van der Waals surface area contributed by atoms with Gasteiger partial charge in [-0.3, -0.25) is 19.2 Å². The Morgan fingerprint density at radius 3 is 2.47 bits per heavy atom. The highest BCUT2D eigenvalue weighted by Gasteiger charge is 2.44. The number of ether oxygens (including phenoxy) is 1. The van der Waals surface area contributed by atoms with Gasteiger partial charge in [0.2, 0.25) is 17.6 Å². The molecule has 1 aliphatic carbocycles. The third kappa shape index (κ3) is 11.3. The van der Waals surface area contributed by atoms with Gasteiger partial charge in [-0.25, -0.2) is 9.59 Å². The molecule has 1 aliphatic heterocycles. The molecule has 2 aliphatic rings. The molecule has 248 valence electrons. The zero-order valence-corrected chi connectivity index (χ0v) is 27.3. The van der Waals surface area contributed by atoms with Crippen molar-refractivity contribution in [2.45, 2.75) is 91.4 Å². The predicted octanol–water partition coefficient (Wildman–Crippen LogP) is 2.47. The molecule has 1 fully saturated rings. The number of carbonyl (C=O) groups excluding carboxylic acids is 6. The number of carbonyl (C=O) groups is 6. The molecule has 0 radical (unpaired) electrons. The van der Waals surface area contributed by atoms with Crippen LogP contribution in [0.25, 0.3) is 0 Å². The van der Waals surface area contributed by atoms with Crippen LogP contribution in [0.5, 0.6) is 0 Å². The van der Waals surface area contributed by atoms with Gasteiger partial charge in [0.1, 0.15) is 24.7 Å². The lowest BCUT2D eigenvalue weighted by Gasteiger charge is -2.35. The van der Waals surface area contributed by atoms with Crippen LogP contribution in [0.3, 0.4) is 0 Å². The minimum absolute atomic E-state index is 0.0284. The van der Waals surface area contributed by atoms with E-state index >= 15 is 0 Å². The molecule has 0 aromatic carbocycles. The second-order valence-corrected chi connectivity index (χ2v) is 12.6. The lowest BCUT2D eigenvalue weighted by Crippen LogP contribution is -2.60. The Morgan fingerprint density at radius 2 is 1.82 bits per heavy atom. The number of hydrogen-bond acceptors (Lipinski definition) is 7. The average Bonchev–Trinajstić information content (AvgIpc) is 3.19. The van der Waals surface area contributed by atoms with Crippen molar-refractivity contribution in [1.29, 1.82) is 0 Å². The smallest absolute Gasteiger partial charge is 0.328 e. The van der Waals surface area contributed by atoms with E-state index < -0.39 is 65.1 Å². The van der Waals surface area contributed by atoms with Crippen molar-refractivity contribution in [3.05, 3.63) is 48.6 Å². The number of Topliss-reactive ketones (excluding diaryl/α,β-unsaturated/α-hetero) is 1. The van der Waals surface area contributed by atoms with Gasteiger partial charge in [0.05, 0.1) is 6.04 Å². The molecule has 12 heteroatoms. The fraction of sp³-hybridized carbons (Fsp3) is 0.576. The van der Waals surface area contributed by atoms with Crippen molar-refractivity contribution in [2.24, 2.45) is 11.3 Å². The molecule has 2 rings (SSSR count). The van der Waals surface area contributed by atoms with E-state index in [0.29, 0.717) is 12.8 Å². The Morgan fingerprint density at radius 1 is 1.11 bits per heavy atom. The third-order valence-electron chi connectivity index (χ3n) is 7.48. The molecular formula is C33H49N5O7. The number of ketones is 1. The van der Waals surface area contributed by atoms with Crippen molar-refractivity contribution in [3.63, 3.8) is 0 Å². The molecule has 0 bridgehead atoms. The van der Waals surface area contributed by atoms with E-state index in [1.807, 2.05) is 44.2 Å². The number of urea groups is 1. The van der Waals surface area contributed by atoms with Crippen LogP contribution < -0.4 is 21.3 Å². The topological polar surface area (TPSA) is 163 Å². The van der Waals surface area contributed by atoms with Gasteiger partial charge in [-0.1, -0.05) is 77.5 Å². The van der Waals surface area contributed by atoms with E-state index in [0.717, 1.165) is 12.0 Å². The summed E-state index contributed by atoms with van der Waals surface area (Å²) in [4.78, 5) is 79.4. The first-order valence-electron chi connectivity index (χ1n) is 15.5. The molecule has 0 aromatic rings. The molecule has 0 spiro atoms. The molecule has 1 saturated heterocycles. The lowest BCUT2D eigenvalue weighted by atomic mass is 9.85. The van der Waals surface area contributed by atoms with Gasteiger partial charge in [-0.15, -0.1) is 6.58 Å². The summed E-state index contributed by atoms with van der Waals surface area (Å²) in [6.07, 6.45) is 12.8. The fourth-order valence-corrected chi connectivity index (χ4v) is 5.03. The van der Waals surface area contributed by atoms with Crippen molar-refractivity contribution >= 4 is 35.5 Å². The molecule has 5 atom stereocenters. The van der Waals surface area contributed by atoms with Crippen LogP contribution in [-0.4, -0.2) is 84.3 Å². The highest BCUT2D eigenvalue weighted by atomic mass is 16.5. The van der Waals surface area contributed by atoms with Gasteiger partial charge in [0.15, 0.2) is 0 Å². The Labute approximate surface area is 266 Å². The van der Waals surface area contributed by atoms with Crippen molar-refractivity contribution in [1.82, 2.24) is 26.2 Å². The maximum atomic E-state index is 13.9. The number of rotatable bonds is 14. The maximum Gasteiger partial charge on any atom is 0.328 e. The van der Waals surface area contributed by atoms with Crippen molar-refractivity contribution in [2.75, 3.05) is 19.7 Å². The van der Waals surface area contributed by atoms with E-state index in [1.165, 1.54) is 17.9 Å². The van der Waals surface area contributed by atoms with Gasteiger partial charge in [0, 0.05) is 13.1 Å². The molecule has 0 aromatic heterocycles. The van der Waals surface area contributed by atoms with Crippen LogP contribution in [0.15, 0.2) is 48.6 Å². The second-order valence-electron chi connectivity index (χ2n) is 12.6. The molecule has 4 N–H and O–H groups in total. The van der Waals surface area contributed by atoms with Crippen LogP contribution in [0, 0.1) is 11.3 Å². The molecule has 12 nitrogen and oxygen atoms in total. The summed E-state index contributed by atoms with van der Waals surface area (Å²) in [5, 5.41) is 10.4. The number of hydrogen-bond donors (Lipinski definition) is 4. The second kappa shape index (κ2) is 17.3. The normalized spacial score (nSPS) is 19.7. The summed E-state index contributed by atoms with van der Waals surface area (Å²) < 4.78 is 5.35. The van der Waals surface area contributed by atoms with Gasteiger partial charge >= 0.3 is 12.0 Å². The van der Waals surface area contributed by atoms with Crippen LogP contribution in [0.4, 0.5) is 4.79 Å². The number of likely N-dealkylation sites (tertiary alicyclic amines) is 1. The first-order chi connectivity index (χ1) is 21.2. The minimum atomic E-state index is -1.05. The van der Waals surface area contributed by atoms with E-state index in [4.69, 9.17) is 4.74 Å². The number of nitrogens with zero attached hydrogens (tertiary/aromatic N) is 1. The number of esters is 1. The molecule has 5 amide bonds. The molecule has 45 heavy (non-hydrogen) atoms. The molecular weight excluding hydrogens is 578 g/mol. The standard InChI is InChI=1S/C33H49N5O7/c1-8-14-24(26(39)29(41)34-17-9-2)36-28(40)25-18-21(3)19-38(25)30(42)27(33(5,6)7)37-32(44)35-22(4)31(43)45-20-23-15-12-10-11-13-16-23/h9-12,15-16,21-22,24-25,27H,2,8,13-14,17-20H2,1,3-7H3,(H,34,41)(H,36,40)(H2,35,37,44). The number of nitrogens with one attached hydrogen (secondary N) is 4. The molecule has 1 heterocycles. The minimum Gasteiger partial charge on any atom is -0.459 e. The summed E-state index contributed by atoms with van der Waals surface area (Å²) in [6.45, 7) is 14.5. The Hall–Kier alpha value is -4.22. The summed E-state index contributed by atoms with van der Waals surface area (Å²) >= 11 is 0. The maximum absolute atomic E-state index is 13.9. The predicted molar refractivity (Wildman–Crippen MR) is 171 cm³/mol. The fourth-order valence-electron chi connectivity index (χ4n) is 5.03. The lowest BCUT2D eigenvalue weighted by molar-refractivity contribution is -0.144. The van der Waals surface area contributed by atoms with Crippen molar-refractivity contribution < 1.29 is 33.5 Å². The van der Waals surface area contributed by atoms with Crippen LogP contribution >= 0.6 is 0 Å². The van der Waals surface area contributed by atoms with Crippen molar-refractivity contribution in [3.8, 4) is 0 Å². The van der Waals surface area contributed by atoms with Gasteiger partial charge in [0.25, 0.3) is 5.91 Å². The number of allylic oxidation sites excluding steroid dienone is 4. The Balaban J connectivity index is 2.10. The third-order valence-corrected chi connectivity index (χ3v) is 7.48. The Bertz CT molecular complexity index is 1220. The van der Waals surface area contributed by atoms with E-state index in [9.17, 15) is 28.8 Å². The number of amides is 5. The largest absolute Gasteiger partial charge is 0.459 e. The summed E-state index contributed by atoms with van der Waals surface area (Å²) in [6, 6.07) is -4.72.